The SMILES string of the molecule is C#CC(=O)N1CCN(c2ccc(-c3cc(O)cn4ncc(C#N)c34)cn2)CC1.C#CC(=O)N1CCN(c2ccc(-c3cc(OC)cn4ncc(C#N)c34)cn2)CC1.C#CC(=O)N1CCN(c2ccc(-c3cc(OCC(C)(C)O)cn4ncc(C#N)c34)cn2)CC1. The van der Waals surface area contributed by atoms with Crippen molar-refractivity contribution < 1.29 is 34.1 Å². The van der Waals surface area contributed by atoms with Gasteiger partial charge in [0.2, 0.25) is 0 Å². The van der Waals surface area contributed by atoms with E-state index >= 15 is 0 Å². The molecule has 450 valence electrons. The maximum absolute atomic E-state index is 11.7. The van der Waals surface area contributed by atoms with Crippen molar-refractivity contribution in [3.63, 3.8) is 0 Å². The minimum atomic E-state index is -0.991. The lowest BCUT2D eigenvalue weighted by Crippen LogP contribution is -2.48. The Morgan fingerprint density at radius 2 is 0.844 bits per heavy atom. The van der Waals surface area contributed by atoms with Gasteiger partial charge < -0.3 is 49.1 Å². The zero-order chi connectivity index (χ0) is 63.6. The molecule has 0 aromatic carbocycles. The Bertz CT molecular complexity index is 4430. The summed E-state index contributed by atoms with van der Waals surface area (Å²) in [6.07, 6.45) is 30.2. The van der Waals surface area contributed by atoms with Crippen LogP contribution >= 0.6 is 0 Å². The molecule has 0 saturated carbocycles. The highest BCUT2D eigenvalue weighted by Crippen LogP contribution is 2.35. The van der Waals surface area contributed by atoms with E-state index in [1.54, 1.807) is 81.7 Å². The zero-order valence-corrected chi connectivity index (χ0v) is 49.3. The number of anilines is 3. The summed E-state index contributed by atoms with van der Waals surface area (Å²) in [6, 6.07) is 23.3. The number of piperazine rings is 3. The number of hydrogen-bond acceptors (Lipinski definition) is 19. The average Bonchev–Trinajstić information content (AvgIpc) is 1.89. The van der Waals surface area contributed by atoms with Crippen LogP contribution in [0.4, 0.5) is 17.5 Å². The van der Waals surface area contributed by atoms with Gasteiger partial charge in [-0.25, -0.2) is 28.5 Å². The Morgan fingerprint density at radius 3 is 1.16 bits per heavy atom. The van der Waals surface area contributed by atoms with E-state index in [0.29, 0.717) is 129 Å². The Hall–Kier alpha value is -12.2. The fraction of sp³-hybridized carbons (Fsp3) is 0.262. The van der Waals surface area contributed by atoms with Crippen molar-refractivity contribution in [2.75, 3.05) is 107 Å². The molecule has 3 amide bonds. The molecule has 25 nitrogen and oxygen atoms in total. The topological polar surface area (TPSA) is 292 Å². The average molecular weight is 1200 g/mol. The lowest BCUT2D eigenvalue weighted by atomic mass is 10.1. The van der Waals surface area contributed by atoms with Crippen LogP contribution < -0.4 is 24.2 Å². The normalized spacial score (nSPS) is 13.9. The van der Waals surface area contributed by atoms with Gasteiger partial charge in [-0.05, 0) is 86.2 Å². The van der Waals surface area contributed by atoms with E-state index < -0.39 is 5.60 Å². The fourth-order valence-corrected chi connectivity index (χ4v) is 10.5. The van der Waals surface area contributed by atoms with E-state index in [2.05, 4.69) is 80.9 Å². The minimum Gasteiger partial charge on any atom is -0.506 e. The van der Waals surface area contributed by atoms with Gasteiger partial charge in [0, 0.05) is 131 Å². The van der Waals surface area contributed by atoms with Crippen LogP contribution in [-0.2, 0) is 14.4 Å². The predicted molar refractivity (Wildman–Crippen MR) is 332 cm³/mol. The molecule has 3 aliphatic rings. The van der Waals surface area contributed by atoms with Gasteiger partial charge in [-0.2, -0.15) is 31.1 Å². The largest absolute Gasteiger partial charge is 0.506 e. The van der Waals surface area contributed by atoms with Gasteiger partial charge in [0.1, 0.15) is 59.5 Å². The number of carbonyl (C=O) groups is 3. The summed E-state index contributed by atoms with van der Waals surface area (Å²) in [5.74, 6) is 9.23. The summed E-state index contributed by atoms with van der Waals surface area (Å²) in [7, 11) is 1.59. The number of fused-ring (bicyclic) bond motifs is 3. The van der Waals surface area contributed by atoms with Crippen LogP contribution in [-0.4, -0.2) is 184 Å². The van der Waals surface area contributed by atoms with Crippen molar-refractivity contribution in [2.45, 2.75) is 19.4 Å². The van der Waals surface area contributed by atoms with Crippen molar-refractivity contribution in [1.29, 1.82) is 15.8 Å². The number of aliphatic hydroxyl groups is 1. The summed E-state index contributed by atoms with van der Waals surface area (Å²) in [6.45, 7) is 10.7. The maximum atomic E-state index is 11.7. The van der Waals surface area contributed by atoms with E-state index in [1.807, 2.05) is 48.5 Å². The van der Waals surface area contributed by atoms with Crippen molar-refractivity contribution in [1.82, 2.24) is 58.5 Å². The van der Waals surface area contributed by atoms with Crippen LogP contribution in [0.2, 0.25) is 0 Å². The number of carbonyl (C=O) groups excluding carboxylic acids is 3. The molecule has 0 atom stereocenters. The van der Waals surface area contributed by atoms with E-state index in [-0.39, 0.29) is 30.1 Å². The number of ether oxygens (including phenoxy) is 2. The molecule has 9 aromatic heterocycles. The summed E-state index contributed by atoms with van der Waals surface area (Å²) in [5, 5.41) is 60.9. The van der Waals surface area contributed by atoms with Crippen molar-refractivity contribution in [3.05, 3.63) is 127 Å². The number of nitrogens with zero attached hydrogens (tertiary/aromatic N) is 18. The molecule has 25 heteroatoms. The molecule has 0 spiro atoms. The number of methoxy groups -OCH3 is 1. The molecule has 12 rings (SSSR count). The molecule has 0 radical (unpaired) electrons. The molecule has 90 heavy (non-hydrogen) atoms. The van der Waals surface area contributed by atoms with E-state index in [1.165, 1.54) is 29.3 Å². The first-order chi connectivity index (χ1) is 43.5. The van der Waals surface area contributed by atoms with Crippen LogP contribution in [0.5, 0.6) is 17.2 Å². The van der Waals surface area contributed by atoms with Crippen molar-refractivity contribution in [3.8, 4) is 106 Å². The maximum Gasteiger partial charge on any atom is 0.298 e. The second kappa shape index (κ2) is 26.6. The van der Waals surface area contributed by atoms with Crippen LogP contribution in [0.3, 0.4) is 0 Å². The Morgan fingerprint density at radius 1 is 0.511 bits per heavy atom. The molecule has 3 saturated heterocycles. The highest BCUT2D eigenvalue weighted by molar-refractivity contribution is 5.94. The molecule has 0 unspecified atom stereocenters. The number of rotatable bonds is 10. The van der Waals surface area contributed by atoms with E-state index in [9.17, 15) is 40.4 Å². The second-order valence-electron chi connectivity index (χ2n) is 21.5. The molecular formula is C65H58N18O7. The van der Waals surface area contributed by atoms with Gasteiger partial charge in [-0.3, -0.25) is 14.4 Å². The first-order valence-electron chi connectivity index (χ1n) is 28.3. The highest BCUT2D eigenvalue weighted by Gasteiger charge is 2.25. The molecule has 2 N–H and O–H groups in total. The van der Waals surface area contributed by atoms with E-state index in [0.717, 1.165) is 45.3 Å². The molecule has 3 aliphatic heterocycles. The van der Waals surface area contributed by atoms with Gasteiger partial charge in [-0.1, -0.05) is 0 Å². The van der Waals surface area contributed by atoms with Crippen molar-refractivity contribution >= 4 is 51.7 Å². The summed E-state index contributed by atoms with van der Waals surface area (Å²) >= 11 is 0. The van der Waals surface area contributed by atoms with Crippen LogP contribution in [0, 0.1) is 71.0 Å². The molecule has 0 aliphatic carbocycles. The summed E-state index contributed by atoms with van der Waals surface area (Å²) in [4.78, 5) is 59.9. The number of nitriles is 3. The fourth-order valence-electron chi connectivity index (χ4n) is 10.5. The van der Waals surface area contributed by atoms with Gasteiger partial charge in [0.15, 0.2) is 0 Å². The number of hydrogen-bond donors (Lipinski definition) is 2. The number of pyridine rings is 6. The third kappa shape index (κ3) is 13.3. The molecule has 3 fully saturated rings. The Balaban J connectivity index is 0.000000149. The summed E-state index contributed by atoms with van der Waals surface area (Å²) in [5.41, 5.74) is 7.03. The number of aromatic hydroxyl groups is 1. The van der Waals surface area contributed by atoms with Crippen molar-refractivity contribution in [2.24, 2.45) is 0 Å². The van der Waals surface area contributed by atoms with Gasteiger partial charge in [0.25, 0.3) is 17.7 Å². The van der Waals surface area contributed by atoms with Gasteiger partial charge in [0.05, 0.1) is 83.1 Å². The molecular weight excluding hydrogens is 1140 g/mol. The monoisotopic (exact) mass is 1200 g/mol. The third-order valence-corrected chi connectivity index (χ3v) is 15.2. The number of amides is 3. The van der Waals surface area contributed by atoms with Gasteiger partial charge >= 0.3 is 0 Å². The van der Waals surface area contributed by atoms with Crippen LogP contribution in [0.25, 0.3) is 49.9 Å². The lowest BCUT2D eigenvalue weighted by molar-refractivity contribution is -0.126. The third-order valence-electron chi connectivity index (χ3n) is 15.2. The highest BCUT2D eigenvalue weighted by atomic mass is 16.5. The quantitative estimate of drug-likeness (QED) is 0.178. The van der Waals surface area contributed by atoms with Crippen LogP contribution in [0.15, 0.2) is 110 Å². The number of terminal acetylenes is 3. The van der Waals surface area contributed by atoms with Gasteiger partial charge in [-0.15, -0.1) is 19.3 Å². The lowest BCUT2D eigenvalue weighted by Gasteiger charge is -2.34. The summed E-state index contributed by atoms with van der Waals surface area (Å²) < 4.78 is 15.9. The first kappa shape index (κ1) is 60.9. The first-order valence-corrected chi connectivity index (χ1v) is 28.3. The molecule has 0 bridgehead atoms. The van der Waals surface area contributed by atoms with Crippen LogP contribution in [0.1, 0.15) is 30.5 Å². The number of aromatic nitrogens is 9. The Labute approximate surface area is 517 Å². The molecule has 12 heterocycles. The minimum absolute atomic E-state index is 0.0495. The smallest absolute Gasteiger partial charge is 0.298 e. The Kier molecular flexibility index (Phi) is 18.0. The predicted octanol–water partition coefficient (Wildman–Crippen LogP) is 4.51. The standard InChI is InChI=1S/C24H24N6O3.C21H18N6O2.C20H16N6O2/c1-4-22(31)29-9-7-28(8-10-29)21-6-5-17(13-26-21)20-11-19(33-16-24(2,3)32)15-30-23(20)18(12-25)14-27-30;1-3-20(28)26-8-6-25(7-9-26)19-5-4-15(12-23-19)18-10-17(29-2)14-27-21(18)16(11-22)13-24-27;1-2-19(28)25-7-5-24(6-8-25)18-4-3-14(11-22-18)17-9-16(27)13-26-20(17)15(10-21)12-23-26/h1,5-6,11,13-15,32H,7-10,16H2,2-3H3;1,4-5,10,12-14H,6-9H2,2H3;1,3-4,9,11-13,27H,5-8H2. The van der Waals surface area contributed by atoms with E-state index in [4.69, 9.17) is 28.7 Å². The zero-order valence-electron chi connectivity index (χ0n) is 49.3. The molecule has 9 aromatic rings. The second-order valence-corrected chi connectivity index (χ2v) is 21.5.